The summed E-state index contributed by atoms with van der Waals surface area (Å²) in [6.45, 7) is 10.3. The highest BCUT2D eigenvalue weighted by molar-refractivity contribution is 6.05. The van der Waals surface area contributed by atoms with E-state index in [-0.39, 0.29) is 29.4 Å². The number of hydrogen-bond donors (Lipinski definition) is 1. The van der Waals surface area contributed by atoms with Gasteiger partial charge in [-0.25, -0.2) is 0 Å². The first-order valence-electron chi connectivity index (χ1n) is 7.58. The number of hydrogen-bond acceptors (Lipinski definition) is 3. The summed E-state index contributed by atoms with van der Waals surface area (Å²) in [5.41, 5.74) is -0.0218. The minimum absolute atomic E-state index is 0.00563. The zero-order chi connectivity index (χ0) is 14.6. The summed E-state index contributed by atoms with van der Waals surface area (Å²) >= 11 is 0. The Morgan fingerprint density at radius 3 is 2.16 bits per heavy atom. The van der Waals surface area contributed by atoms with Gasteiger partial charge < -0.3 is 0 Å². The van der Waals surface area contributed by atoms with Crippen LogP contribution >= 0.6 is 0 Å². The van der Waals surface area contributed by atoms with Crippen LogP contribution in [0.3, 0.4) is 0 Å². The standard InChI is InChI=1S/C15H28N2O2/c1-6-11(5)17-13(18)10-12(14(17)19)16-15(7-2,8-3)9-4/h11-12,16H,6-10H2,1-5H3. The number of amides is 2. The molecule has 1 aliphatic rings. The Labute approximate surface area is 116 Å². The first-order valence-corrected chi connectivity index (χ1v) is 7.58. The molecular weight excluding hydrogens is 240 g/mol. The molecule has 1 heterocycles. The first-order chi connectivity index (χ1) is 8.94. The molecule has 0 radical (unpaired) electrons. The van der Waals surface area contributed by atoms with Crippen molar-refractivity contribution in [2.45, 2.75) is 84.3 Å². The third-order valence-electron chi connectivity index (χ3n) is 4.73. The molecule has 0 saturated carbocycles. The molecule has 4 heteroatoms. The van der Waals surface area contributed by atoms with E-state index in [0.29, 0.717) is 6.42 Å². The van der Waals surface area contributed by atoms with Crippen LogP contribution in [0.5, 0.6) is 0 Å². The molecule has 1 rings (SSSR count). The van der Waals surface area contributed by atoms with Crippen LogP contribution in [-0.2, 0) is 9.59 Å². The van der Waals surface area contributed by atoms with Crippen molar-refractivity contribution in [3.63, 3.8) is 0 Å². The third kappa shape index (κ3) is 3.16. The molecule has 2 atom stereocenters. The molecule has 2 unspecified atom stereocenters. The zero-order valence-corrected chi connectivity index (χ0v) is 13.0. The number of carbonyl (C=O) groups is 2. The summed E-state index contributed by atoms with van der Waals surface area (Å²) in [5, 5.41) is 3.46. The molecular formula is C15H28N2O2. The van der Waals surface area contributed by atoms with E-state index < -0.39 is 0 Å². The maximum atomic E-state index is 12.4. The van der Waals surface area contributed by atoms with E-state index in [2.05, 4.69) is 26.1 Å². The molecule has 1 aliphatic heterocycles. The maximum absolute atomic E-state index is 12.4. The number of likely N-dealkylation sites (tertiary alicyclic amines) is 1. The summed E-state index contributed by atoms with van der Waals surface area (Å²) in [6, 6.07) is -0.326. The topological polar surface area (TPSA) is 49.4 Å². The minimum Gasteiger partial charge on any atom is -0.300 e. The Morgan fingerprint density at radius 2 is 1.74 bits per heavy atom. The Bertz CT molecular complexity index is 329. The van der Waals surface area contributed by atoms with Crippen LogP contribution in [0.4, 0.5) is 0 Å². The second-order valence-electron chi connectivity index (χ2n) is 5.60. The van der Waals surface area contributed by atoms with Gasteiger partial charge in [0.1, 0.15) is 0 Å². The van der Waals surface area contributed by atoms with Crippen molar-refractivity contribution in [3.05, 3.63) is 0 Å². The van der Waals surface area contributed by atoms with Crippen molar-refractivity contribution >= 4 is 11.8 Å². The summed E-state index contributed by atoms with van der Waals surface area (Å²) in [5.74, 6) is -0.0758. The normalized spacial score (nSPS) is 22.2. The molecule has 1 saturated heterocycles. The van der Waals surface area contributed by atoms with E-state index in [1.807, 2.05) is 13.8 Å². The van der Waals surface area contributed by atoms with Crippen molar-refractivity contribution in [2.75, 3.05) is 0 Å². The summed E-state index contributed by atoms with van der Waals surface area (Å²) in [7, 11) is 0. The van der Waals surface area contributed by atoms with Gasteiger partial charge in [-0.15, -0.1) is 0 Å². The number of imide groups is 1. The molecule has 0 bridgehead atoms. The smallest absolute Gasteiger partial charge is 0.247 e. The molecule has 1 fully saturated rings. The summed E-state index contributed by atoms with van der Waals surface area (Å²) in [4.78, 5) is 25.8. The molecule has 0 aromatic heterocycles. The lowest BCUT2D eigenvalue weighted by molar-refractivity contribution is -0.141. The zero-order valence-electron chi connectivity index (χ0n) is 13.0. The van der Waals surface area contributed by atoms with Crippen molar-refractivity contribution in [3.8, 4) is 0 Å². The van der Waals surface area contributed by atoms with Gasteiger partial charge in [0, 0.05) is 11.6 Å². The van der Waals surface area contributed by atoms with E-state index in [4.69, 9.17) is 0 Å². The highest BCUT2D eigenvalue weighted by atomic mass is 16.2. The Balaban J connectivity index is 2.82. The van der Waals surface area contributed by atoms with Crippen LogP contribution in [0.15, 0.2) is 0 Å². The van der Waals surface area contributed by atoms with Crippen LogP contribution in [0.25, 0.3) is 0 Å². The van der Waals surface area contributed by atoms with E-state index in [0.717, 1.165) is 25.7 Å². The van der Waals surface area contributed by atoms with E-state index in [9.17, 15) is 9.59 Å². The largest absolute Gasteiger partial charge is 0.300 e. The second-order valence-corrected chi connectivity index (χ2v) is 5.60. The molecule has 1 N–H and O–H groups in total. The van der Waals surface area contributed by atoms with Crippen LogP contribution in [0, 0.1) is 0 Å². The lowest BCUT2D eigenvalue weighted by Crippen LogP contribution is -2.52. The van der Waals surface area contributed by atoms with Crippen LogP contribution in [0.1, 0.15) is 66.7 Å². The van der Waals surface area contributed by atoms with Gasteiger partial charge in [-0.05, 0) is 32.6 Å². The van der Waals surface area contributed by atoms with Gasteiger partial charge in [0.15, 0.2) is 0 Å². The highest BCUT2D eigenvalue weighted by Gasteiger charge is 2.43. The summed E-state index contributed by atoms with van der Waals surface area (Å²) < 4.78 is 0. The fourth-order valence-electron chi connectivity index (χ4n) is 2.84. The van der Waals surface area contributed by atoms with E-state index in [1.165, 1.54) is 4.90 Å². The number of nitrogens with zero attached hydrogens (tertiary/aromatic N) is 1. The van der Waals surface area contributed by atoms with E-state index in [1.54, 1.807) is 0 Å². The predicted octanol–water partition coefficient (Wildman–Crippen LogP) is 2.47. The molecule has 110 valence electrons. The van der Waals surface area contributed by atoms with Gasteiger partial charge in [-0.1, -0.05) is 27.7 Å². The fourth-order valence-corrected chi connectivity index (χ4v) is 2.84. The van der Waals surface area contributed by atoms with Crippen LogP contribution < -0.4 is 5.32 Å². The van der Waals surface area contributed by atoms with Crippen molar-refractivity contribution in [1.29, 1.82) is 0 Å². The van der Waals surface area contributed by atoms with Gasteiger partial charge in [0.05, 0.1) is 12.5 Å². The monoisotopic (exact) mass is 268 g/mol. The predicted molar refractivity (Wildman–Crippen MR) is 76.8 cm³/mol. The third-order valence-corrected chi connectivity index (χ3v) is 4.73. The average molecular weight is 268 g/mol. The SMILES string of the molecule is CCC(C)N1C(=O)CC(NC(CC)(CC)CC)C1=O. The maximum Gasteiger partial charge on any atom is 0.247 e. The first kappa shape index (κ1) is 16.2. The van der Waals surface area contributed by atoms with Crippen molar-refractivity contribution in [1.82, 2.24) is 10.2 Å². The molecule has 19 heavy (non-hydrogen) atoms. The fraction of sp³-hybridized carbons (Fsp3) is 0.867. The van der Waals surface area contributed by atoms with Gasteiger partial charge in [-0.2, -0.15) is 0 Å². The van der Waals surface area contributed by atoms with Gasteiger partial charge in [-0.3, -0.25) is 19.8 Å². The number of nitrogens with one attached hydrogen (secondary N) is 1. The van der Waals surface area contributed by atoms with Crippen molar-refractivity contribution < 1.29 is 9.59 Å². The van der Waals surface area contributed by atoms with Crippen LogP contribution in [0.2, 0.25) is 0 Å². The molecule has 2 amide bonds. The highest BCUT2D eigenvalue weighted by Crippen LogP contribution is 2.25. The Kier molecular flexibility index (Phi) is 5.53. The molecule has 0 aliphatic carbocycles. The van der Waals surface area contributed by atoms with Gasteiger partial charge in [0.2, 0.25) is 11.8 Å². The summed E-state index contributed by atoms with van der Waals surface area (Å²) in [6.07, 6.45) is 4.04. The number of rotatable bonds is 7. The average Bonchev–Trinajstić information content (AvgIpc) is 2.70. The number of carbonyl (C=O) groups excluding carboxylic acids is 2. The molecule has 0 aromatic carbocycles. The van der Waals surface area contributed by atoms with Gasteiger partial charge in [0.25, 0.3) is 0 Å². The Morgan fingerprint density at radius 1 is 1.21 bits per heavy atom. The van der Waals surface area contributed by atoms with Crippen LogP contribution in [-0.4, -0.2) is 34.3 Å². The Hall–Kier alpha value is -0.900. The minimum atomic E-state index is -0.332. The lowest BCUT2D eigenvalue weighted by Gasteiger charge is -2.34. The lowest BCUT2D eigenvalue weighted by atomic mass is 9.88. The van der Waals surface area contributed by atoms with E-state index >= 15 is 0 Å². The van der Waals surface area contributed by atoms with Crippen molar-refractivity contribution in [2.24, 2.45) is 0 Å². The van der Waals surface area contributed by atoms with Gasteiger partial charge >= 0.3 is 0 Å². The molecule has 0 aromatic rings. The molecule has 0 spiro atoms. The second kappa shape index (κ2) is 6.51. The molecule has 4 nitrogen and oxygen atoms in total. The quantitative estimate of drug-likeness (QED) is 0.722.